The Hall–Kier alpha value is -3.35. The zero-order valence-electron chi connectivity index (χ0n) is 29.2. The molecule has 2 aromatic rings. The number of fused-ring (bicyclic) bond motifs is 2. The van der Waals surface area contributed by atoms with Gasteiger partial charge in [-0.15, -0.1) is 11.8 Å². The zero-order chi connectivity index (χ0) is 33.3. The molecule has 0 saturated heterocycles. The van der Waals surface area contributed by atoms with Gasteiger partial charge < -0.3 is 16.0 Å². The first kappa shape index (κ1) is 33.5. The number of rotatable bonds is 8. The van der Waals surface area contributed by atoms with E-state index in [1.165, 1.54) is 50.0 Å². The van der Waals surface area contributed by atoms with E-state index in [9.17, 15) is 4.79 Å². The number of carbonyl (C=O) groups is 1. The molecule has 6 rings (SSSR count). The van der Waals surface area contributed by atoms with E-state index >= 15 is 0 Å². The fourth-order valence-electron chi connectivity index (χ4n) is 8.18. The van der Waals surface area contributed by atoms with Gasteiger partial charge in [-0.25, -0.2) is 0 Å². The van der Waals surface area contributed by atoms with E-state index < -0.39 is 0 Å². The summed E-state index contributed by atoms with van der Waals surface area (Å²) in [7, 11) is 4.37. The number of amides is 1. The summed E-state index contributed by atoms with van der Waals surface area (Å²) in [6, 6.07) is 18.1. The summed E-state index contributed by atoms with van der Waals surface area (Å²) in [5, 5.41) is 3.29. The Morgan fingerprint density at radius 1 is 0.957 bits per heavy atom. The number of thioether (sulfide) groups is 1. The summed E-state index contributed by atoms with van der Waals surface area (Å²) in [5.74, 6) is 0.928. The van der Waals surface area contributed by atoms with Gasteiger partial charge in [0.2, 0.25) is 11.6 Å². The molecule has 4 aliphatic rings. The molecule has 3 N–H and O–H groups in total. The first-order valence-electron chi connectivity index (χ1n) is 17.5. The second kappa shape index (κ2) is 13.6. The van der Waals surface area contributed by atoms with Gasteiger partial charge in [0.25, 0.3) is 0 Å². The Morgan fingerprint density at radius 2 is 1.66 bits per heavy atom. The third kappa shape index (κ3) is 6.69. The van der Waals surface area contributed by atoms with E-state index in [1.54, 1.807) is 0 Å². The second-order valence-corrected chi connectivity index (χ2v) is 16.0. The van der Waals surface area contributed by atoms with Crippen LogP contribution in [0, 0.1) is 0 Å². The van der Waals surface area contributed by atoms with Crippen molar-refractivity contribution in [2.75, 3.05) is 24.7 Å². The molecule has 1 saturated carbocycles. The highest BCUT2D eigenvalue weighted by molar-refractivity contribution is 8.03. The molecule has 248 valence electrons. The minimum absolute atomic E-state index is 0.0672. The Morgan fingerprint density at radius 3 is 2.38 bits per heavy atom. The van der Waals surface area contributed by atoms with E-state index in [0.717, 1.165) is 50.7 Å². The molecule has 0 bridgehead atoms. The van der Waals surface area contributed by atoms with Gasteiger partial charge >= 0.3 is 0 Å². The molecule has 2 aromatic carbocycles. The third-order valence-corrected chi connectivity index (χ3v) is 12.2. The van der Waals surface area contributed by atoms with Gasteiger partial charge in [-0.2, -0.15) is 4.58 Å². The van der Waals surface area contributed by atoms with Crippen LogP contribution < -0.4 is 16.0 Å². The lowest BCUT2D eigenvalue weighted by atomic mass is 9.81. The Bertz CT molecular complexity index is 1680. The lowest BCUT2D eigenvalue weighted by Crippen LogP contribution is -2.40. The minimum Gasteiger partial charge on any atom is -0.353 e. The molecular formula is C41H53N4OS+. The summed E-state index contributed by atoms with van der Waals surface area (Å²) < 4.78 is 2.35. The standard InChI is InChI=1S/C41H52N4OS/c1-40(2)32-14-7-9-16-34(32)44(5)36(40)24-18-28-12-11-13-29(19-25-37-41(3,4)33-15-8-10-17-35(33)45(37)6)39(28)47-27-26-38(46)43-31-22-20-30(42)21-23-31/h7-10,14-19,24-25,30-31H,11-13,20-23,26-27,42H2,1-6H3/p+1. The van der Waals surface area contributed by atoms with Crippen molar-refractivity contribution in [3.63, 3.8) is 0 Å². The minimum atomic E-state index is -0.0672. The highest BCUT2D eigenvalue weighted by Crippen LogP contribution is 2.47. The Kier molecular flexibility index (Phi) is 9.74. The second-order valence-electron chi connectivity index (χ2n) is 14.9. The molecule has 0 atom stereocenters. The van der Waals surface area contributed by atoms with E-state index in [2.05, 4.69) is 129 Å². The highest BCUT2D eigenvalue weighted by atomic mass is 32.2. The monoisotopic (exact) mass is 649 g/mol. The van der Waals surface area contributed by atoms with Crippen molar-refractivity contribution in [2.24, 2.45) is 5.73 Å². The van der Waals surface area contributed by atoms with Crippen molar-refractivity contribution in [3.05, 3.63) is 106 Å². The number of para-hydroxylation sites is 2. The van der Waals surface area contributed by atoms with E-state index in [-0.39, 0.29) is 28.8 Å². The average molecular weight is 650 g/mol. The van der Waals surface area contributed by atoms with Gasteiger partial charge in [0.05, 0.1) is 5.41 Å². The predicted octanol–water partition coefficient (Wildman–Crippen LogP) is 8.43. The largest absolute Gasteiger partial charge is 0.353 e. The van der Waals surface area contributed by atoms with Crippen molar-refractivity contribution in [1.29, 1.82) is 0 Å². The predicted molar refractivity (Wildman–Crippen MR) is 200 cm³/mol. The third-order valence-electron chi connectivity index (χ3n) is 11.0. The molecule has 0 unspecified atom stereocenters. The normalized spacial score (nSPS) is 25.2. The fraction of sp³-hybridized carbons (Fsp3) is 0.463. The highest BCUT2D eigenvalue weighted by Gasteiger charge is 2.42. The number of likely N-dealkylation sites (N-methyl/N-ethyl adjacent to an activating group) is 1. The Balaban J connectivity index is 1.28. The maximum absolute atomic E-state index is 13.0. The van der Waals surface area contributed by atoms with Gasteiger partial charge in [0, 0.05) is 70.7 Å². The number of anilines is 1. The molecule has 0 radical (unpaired) electrons. The summed E-state index contributed by atoms with van der Waals surface area (Å²) in [6.45, 7) is 9.31. The van der Waals surface area contributed by atoms with Gasteiger partial charge in [0.15, 0.2) is 5.71 Å². The molecule has 1 fully saturated rings. The van der Waals surface area contributed by atoms with Gasteiger partial charge in [-0.05, 0) is 87.6 Å². The molecule has 2 aliphatic heterocycles. The molecule has 47 heavy (non-hydrogen) atoms. The van der Waals surface area contributed by atoms with Crippen LogP contribution in [0.15, 0.2) is 94.6 Å². The fourth-order valence-corrected chi connectivity index (χ4v) is 9.38. The number of benzene rings is 2. The van der Waals surface area contributed by atoms with Crippen LogP contribution >= 0.6 is 11.8 Å². The van der Waals surface area contributed by atoms with Gasteiger partial charge in [-0.1, -0.05) is 62.4 Å². The van der Waals surface area contributed by atoms with Crippen LogP contribution in [0.3, 0.4) is 0 Å². The van der Waals surface area contributed by atoms with Crippen LogP contribution in [0.25, 0.3) is 0 Å². The maximum atomic E-state index is 13.0. The first-order valence-corrected chi connectivity index (χ1v) is 18.5. The molecule has 0 aromatic heterocycles. The van der Waals surface area contributed by atoms with Crippen molar-refractivity contribution in [3.8, 4) is 0 Å². The molecule has 5 nitrogen and oxygen atoms in total. The molecule has 2 heterocycles. The van der Waals surface area contributed by atoms with E-state index in [1.807, 2.05) is 11.8 Å². The quantitative estimate of drug-likeness (QED) is 0.282. The van der Waals surface area contributed by atoms with E-state index in [4.69, 9.17) is 5.73 Å². The SMILES string of the molecule is CN1/C(=C/C=C2\CCCC(/C=C/C3=[N+](C)c4ccccc4C3(C)C)=C2SCCC(=O)NC2CCC(N)CC2)C(C)(C)c2ccccc21. The van der Waals surface area contributed by atoms with Crippen LogP contribution in [0.2, 0.25) is 0 Å². The number of hydrogen-bond donors (Lipinski definition) is 2. The van der Waals surface area contributed by atoms with Gasteiger partial charge in [0.1, 0.15) is 7.05 Å². The summed E-state index contributed by atoms with van der Waals surface area (Å²) in [5.41, 5.74) is 16.6. The van der Waals surface area contributed by atoms with Crippen molar-refractivity contribution < 1.29 is 9.37 Å². The lowest BCUT2D eigenvalue weighted by Gasteiger charge is -2.27. The van der Waals surface area contributed by atoms with Crippen LogP contribution in [0.5, 0.6) is 0 Å². The van der Waals surface area contributed by atoms with Crippen LogP contribution in [0.4, 0.5) is 11.4 Å². The molecule has 2 aliphatic carbocycles. The summed E-state index contributed by atoms with van der Waals surface area (Å²) in [6.07, 6.45) is 17.2. The lowest BCUT2D eigenvalue weighted by molar-refractivity contribution is -0.401. The summed E-state index contributed by atoms with van der Waals surface area (Å²) in [4.78, 5) is 16.7. The van der Waals surface area contributed by atoms with Gasteiger partial charge in [-0.3, -0.25) is 4.79 Å². The van der Waals surface area contributed by atoms with Crippen molar-refractivity contribution in [1.82, 2.24) is 5.32 Å². The number of nitrogens with one attached hydrogen (secondary N) is 1. The zero-order valence-corrected chi connectivity index (χ0v) is 30.1. The smallest absolute Gasteiger partial charge is 0.221 e. The molecule has 6 heteroatoms. The van der Waals surface area contributed by atoms with Crippen molar-refractivity contribution >= 4 is 34.8 Å². The van der Waals surface area contributed by atoms with Crippen LogP contribution in [-0.2, 0) is 15.6 Å². The number of carbonyl (C=O) groups excluding carboxylic acids is 1. The average Bonchev–Trinajstić information content (AvgIpc) is 3.37. The van der Waals surface area contributed by atoms with Crippen molar-refractivity contribution in [2.45, 2.75) is 102 Å². The summed E-state index contributed by atoms with van der Waals surface area (Å²) >= 11 is 1.86. The Labute approximate surface area is 286 Å². The maximum Gasteiger partial charge on any atom is 0.221 e. The first-order chi connectivity index (χ1) is 22.5. The molecule has 0 spiro atoms. The topological polar surface area (TPSA) is 61.4 Å². The van der Waals surface area contributed by atoms with Crippen LogP contribution in [-0.4, -0.2) is 48.1 Å². The molecule has 1 amide bonds. The van der Waals surface area contributed by atoms with Crippen LogP contribution in [0.1, 0.15) is 90.2 Å². The number of hydrogen-bond acceptors (Lipinski definition) is 4. The number of nitrogens with zero attached hydrogens (tertiary/aromatic N) is 2. The number of nitrogens with two attached hydrogens (primary N) is 1. The van der Waals surface area contributed by atoms with E-state index in [0.29, 0.717) is 6.42 Å². The number of allylic oxidation sites excluding steroid dienone is 7. The molecular weight excluding hydrogens is 597 g/mol.